The quantitative estimate of drug-likeness (QED) is 0.820. The molecular weight excluding hydrogens is 290 g/mol. The second-order valence-corrected chi connectivity index (χ2v) is 4.36. The van der Waals surface area contributed by atoms with Crippen LogP contribution in [0, 0.1) is 11.6 Å². The monoisotopic (exact) mass is 298 g/mol. The fourth-order valence-corrected chi connectivity index (χ4v) is 1.62. The third-order valence-corrected chi connectivity index (χ3v) is 2.79. The maximum absolute atomic E-state index is 13.3. The van der Waals surface area contributed by atoms with E-state index >= 15 is 0 Å². The topological polar surface area (TPSA) is 9.23 Å². The number of hydrogen-bond acceptors (Lipinski definition) is 1. The zero-order valence-corrected chi connectivity index (χ0v) is 10.4. The van der Waals surface area contributed by atoms with Crippen LogP contribution in [0.4, 0.5) is 8.78 Å². The van der Waals surface area contributed by atoms with Gasteiger partial charge in [0.25, 0.3) is 0 Å². The highest BCUT2D eigenvalue weighted by Crippen LogP contribution is 2.19. The lowest BCUT2D eigenvalue weighted by molar-refractivity contribution is 0.292. The first-order chi connectivity index (χ1) is 8.16. The molecule has 0 atom stereocenters. The molecule has 88 valence electrons. The number of halogens is 3. The van der Waals surface area contributed by atoms with Gasteiger partial charge < -0.3 is 4.74 Å². The Kier molecular flexibility index (Phi) is 3.74. The highest BCUT2D eigenvalue weighted by Gasteiger charge is 2.08. The summed E-state index contributed by atoms with van der Waals surface area (Å²) in [6, 6.07) is 10.8. The summed E-state index contributed by atoms with van der Waals surface area (Å²) in [5.41, 5.74) is -0.0598. The van der Waals surface area contributed by atoms with Gasteiger partial charge in [-0.2, -0.15) is 0 Å². The number of rotatable bonds is 3. The minimum Gasteiger partial charge on any atom is -0.489 e. The predicted molar refractivity (Wildman–Crippen MR) is 64.8 cm³/mol. The molecule has 0 aliphatic heterocycles. The first-order valence-electron chi connectivity index (χ1n) is 4.98. The number of ether oxygens (including phenoxy) is 1. The Labute approximate surface area is 106 Å². The summed E-state index contributed by atoms with van der Waals surface area (Å²) in [5, 5.41) is 0. The minimum atomic E-state index is -0.595. The summed E-state index contributed by atoms with van der Waals surface area (Å²) in [6.07, 6.45) is 0. The van der Waals surface area contributed by atoms with Gasteiger partial charge in [0.05, 0.1) is 5.56 Å². The van der Waals surface area contributed by atoms with Crippen molar-refractivity contribution < 1.29 is 13.5 Å². The lowest BCUT2D eigenvalue weighted by Gasteiger charge is -2.07. The molecule has 0 aliphatic rings. The molecule has 1 nitrogen and oxygen atoms in total. The maximum atomic E-state index is 13.3. The van der Waals surface area contributed by atoms with E-state index in [0.29, 0.717) is 5.75 Å². The van der Waals surface area contributed by atoms with E-state index in [1.807, 2.05) is 0 Å². The molecule has 0 heterocycles. The van der Waals surface area contributed by atoms with Crippen molar-refractivity contribution in [3.8, 4) is 5.75 Å². The zero-order chi connectivity index (χ0) is 12.3. The van der Waals surface area contributed by atoms with Crippen molar-refractivity contribution >= 4 is 15.9 Å². The standard InChI is InChI=1S/C13H9BrF2O/c14-9-4-6-10(7-5-9)17-8-11-12(15)2-1-3-13(11)16/h1-7H,8H2. The van der Waals surface area contributed by atoms with Crippen LogP contribution in [0.25, 0.3) is 0 Å². The fourth-order valence-electron chi connectivity index (χ4n) is 1.36. The minimum absolute atomic E-state index is 0.0598. The van der Waals surface area contributed by atoms with Crippen molar-refractivity contribution in [1.29, 1.82) is 0 Å². The first-order valence-corrected chi connectivity index (χ1v) is 5.77. The molecule has 2 aromatic carbocycles. The normalized spacial score (nSPS) is 10.3. The fraction of sp³-hybridized carbons (Fsp3) is 0.0769. The third-order valence-electron chi connectivity index (χ3n) is 2.26. The molecule has 0 spiro atoms. The smallest absolute Gasteiger partial charge is 0.132 e. The van der Waals surface area contributed by atoms with Gasteiger partial charge in [-0.25, -0.2) is 8.78 Å². The van der Waals surface area contributed by atoms with E-state index in [0.717, 1.165) is 4.47 Å². The van der Waals surface area contributed by atoms with Crippen LogP contribution in [0.15, 0.2) is 46.9 Å². The van der Waals surface area contributed by atoms with Gasteiger partial charge in [-0.05, 0) is 36.4 Å². The Morgan fingerprint density at radius 3 is 2.12 bits per heavy atom. The van der Waals surface area contributed by atoms with E-state index in [4.69, 9.17) is 4.74 Å². The number of hydrogen-bond donors (Lipinski definition) is 0. The maximum Gasteiger partial charge on any atom is 0.132 e. The van der Waals surface area contributed by atoms with Gasteiger partial charge in [0.15, 0.2) is 0 Å². The molecule has 0 unspecified atom stereocenters. The Bertz CT molecular complexity index is 491. The van der Waals surface area contributed by atoms with E-state index in [1.54, 1.807) is 24.3 Å². The average Bonchev–Trinajstić information content (AvgIpc) is 2.31. The van der Waals surface area contributed by atoms with E-state index < -0.39 is 11.6 Å². The SMILES string of the molecule is Fc1cccc(F)c1COc1ccc(Br)cc1. The third kappa shape index (κ3) is 3.03. The number of benzene rings is 2. The second-order valence-electron chi connectivity index (χ2n) is 3.44. The van der Waals surface area contributed by atoms with Crippen LogP contribution in [-0.4, -0.2) is 0 Å². The molecule has 0 aromatic heterocycles. The summed E-state index contributed by atoms with van der Waals surface area (Å²) in [5.74, 6) is -0.625. The average molecular weight is 299 g/mol. The van der Waals surface area contributed by atoms with E-state index in [9.17, 15) is 8.78 Å². The van der Waals surface area contributed by atoms with Gasteiger partial charge in [0.2, 0.25) is 0 Å². The molecule has 0 aliphatic carbocycles. The van der Waals surface area contributed by atoms with Crippen LogP contribution in [-0.2, 0) is 6.61 Å². The van der Waals surface area contributed by atoms with Crippen molar-refractivity contribution in [2.24, 2.45) is 0 Å². The van der Waals surface area contributed by atoms with E-state index in [1.165, 1.54) is 18.2 Å². The van der Waals surface area contributed by atoms with Crippen molar-refractivity contribution in [2.45, 2.75) is 6.61 Å². The molecule has 0 radical (unpaired) electrons. The second kappa shape index (κ2) is 5.27. The molecule has 0 fully saturated rings. The summed E-state index contributed by atoms with van der Waals surface area (Å²) >= 11 is 3.29. The molecule has 0 bridgehead atoms. The molecule has 0 N–H and O–H groups in total. The van der Waals surface area contributed by atoms with Crippen LogP contribution in [0.1, 0.15) is 5.56 Å². The predicted octanol–water partition coefficient (Wildman–Crippen LogP) is 4.31. The largest absolute Gasteiger partial charge is 0.489 e. The van der Waals surface area contributed by atoms with Gasteiger partial charge >= 0.3 is 0 Å². The van der Waals surface area contributed by atoms with Gasteiger partial charge in [-0.15, -0.1) is 0 Å². The summed E-state index contributed by atoms with van der Waals surface area (Å²) in [7, 11) is 0. The molecule has 2 aromatic rings. The highest BCUT2D eigenvalue weighted by molar-refractivity contribution is 9.10. The van der Waals surface area contributed by atoms with Crippen molar-refractivity contribution in [3.63, 3.8) is 0 Å². The van der Waals surface area contributed by atoms with Crippen LogP contribution < -0.4 is 4.74 Å². The van der Waals surface area contributed by atoms with Crippen LogP contribution in [0.3, 0.4) is 0 Å². The highest BCUT2D eigenvalue weighted by atomic mass is 79.9. The van der Waals surface area contributed by atoms with E-state index in [-0.39, 0.29) is 12.2 Å². The summed E-state index contributed by atoms with van der Waals surface area (Å²) in [6.45, 7) is -0.125. The van der Waals surface area contributed by atoms with Crippen molar-refractivity contribution in [1.82, 2.24) is 0 Å². The first kappa shape index (κ1) is 12.0. The molecular formula is C13H9BrF2O. The van der Waals surface area contributed by atoms with Gasteiger partial charge in [0, 0.05) is 4.47 Å². The molecule has 4 heteroatoms. The molecule has 0 saturated carbocycles. The zero-order valence-electron chi connectivity index (χ0n) is 8.79. The molecule has 2 rings (SSSR count). The van der Waals surface area contributed by atoms with Crippen LogP contribution in [0.2, 0.25) is 0 Å². The lowest BCUT2D eigenvalue weighted by atomic mass is 10.2. The van der Waals surface area contributed by atoms with Gasteiger partial charge in [-0.3, -0.25) is 0 Å². The van der Waals surface area contributed by atoms with Crippen LogP contribution in [0.5, 0.6) is 5.75 Å². The Balaban J connectivity index is 2.10. The van der Waals surface area contributed by atoms with E-state index in [2.05, 4.69) is 15.9 Å². The lowest BCUT2D eigenvalue weighted by Crippen LogP contribution is -2.01. The van der Waals surface area contributed by atoms with Crippen molar-refractivity contribution in [3.05, 3.63) is 64.1 Å². The summed E-state index contributed by atoms with van der Waals surface area (Å²) < 4.78 is 32.8. The molecule has 0 saturated heterocycles. The summed E-state index contributed by atoms with van der Waals surface area (Å²) in [4.78, 5) is 0. The molecule has 17 heavy (non-hydrogen) atoms. The van der Waals surface area contributed by atoms with Crippen LogP contribution >= 0.6 is 15.9 Å². The van der Waals surface area contributed by atoms with Crippen molar-refractivity contribution in [2.75, 3.05) is 0 Å². The Morgan fingerprint density at radius 1 is 0.941 bits per heavy atom. The van der Waals surface area contributed by atoms with Gasteiger partial charge in [0.1, 0.15) is 24.0 Å². The Hall–Kier alpha value is -1.42. The Morgan fingerprint density at radius 2 is 1.53 bits per heavy atom. The van der Waals surface area contributed by atoms with Gasteiger partial charge in [-0.1, -0.05) is 22.0 Å². The molecule has 0 amide bonds.